The number of ether oxygens (including phenoxy) is 2. The molecular weight excluding hydrogens is 270 g/mol. The van der Waals surface area contributed by atoms with Crippen LogP contribution in [0.1, 0.15) is 36.2 Å². The largest absolute Gasteiger partial charge is 0.459 e. The predicted octanol–water partition coefficient (Wildman–Crippen LogP) is 2.08. The molecule has 2 aliphatic heterocycles. The third-order valence-corrected chi connectivity index (χ3v) is 4.69. The highest BCUT2D eigenvalue weighted by Crippen LogP contribution is 2.37. The van der Waals surface area contributed by atoms with Gasteiger partial charge in [0.2, 0.25) is 0 Å². The Labute approximate surface area is 124 Å². The van der Waals surface area contributed by atoms with E-state index in [1.807, 2.05) is 0 Å². The van der Waals surface area contributed by atoms with Gasteiger partial charge in [-0.2, -0.15) is 0 Å². The lowest BCUT2D eigenvalue weighted by Crippen LogP contribution is -2.67. The third-order valence-electron chi connectivity index (χ3n) is 4.69. The lowest BCUT2D eigenvalue weighted by molar-refractivity contribution is -0.186. The number of furan rings is 1. The van der Waals surface area contributed by atoms with Crippen LogP contribution < -0.4 is 0 Å². The van der Waals surface area contributed by atoms with Crippen LogP contribution in [0.3, 0.4) is 0 Å². The summed E-state index contributed by atoms with van der Waals surface area (Å²) in [6, 6.07) is 3.44. The van der Waals surface area contributed by atoms with Gasteiger partial charge >= 0.3 is 0 Å². The summed E-state index contributed by atoms with van der Waals surface area (Å²) in [5.41, 5.74) is -0.186. The molecule has 3 fully saturated rings. The summed E-state index contributed by atoms with van der Waals surface area (Å²) in [5.74, 6) is 1.15. The van der Waals surface area contributed by atoms with Crippen molar-refractivity contribution >= 4 is 5.91 Å². The van der Waals surface area contributed by atoms with Gasteiger partial charge in [-0.1, -0.05) is 0 Å². The van der Waals surface area contributed by atoms with Crippen molar-refractivity contribution in [3.63, 3.8) is 0 Å². The normalized spacial score (nSPS) is 27.6. The number of carbonyl (C=O) groups excluding carboxylic acids is 1. The van der Waals surface area contributed by atoms with E-state index in [1.165, 1.54) is 19.1 Å². The van der Waals surface area contributed by atoms with Crippen LogP contribution in [-0.4, -0.2) is 48.8 Å². The monoisotopic (exact) mass is 291 g/mol. The van der Waals surface area contributed by atoms with E-state index in [0.717, 1.165) is 32.0 Å². The molecule has 5 heteroatoms. The zero-order chi connectivity index (χ0) is 14.3. The number of likely N-dealkylation sites (tertiary alicyclic amines) is 1. The van der Waals surface area contributed by atoms with Crippen LogP contribution in [0, 0.1) is 5.92 Å². The molecule has 3 aliphatic rings. The molecule has 1 aliphatic carbocycles. The van der Waals surface area contributed by atoms with Crippen LogP contribution in [0.4, 0.5) is 0 Å². The van der Waals surface area contributed by atoms with Gasteiger partial charge in [0, 0.05) is 19.6 Å². The van der Waals surface area contributed by atoms with Crippen LogP contribution in [0.5, 0.6) is 0 Å². The zero-order valence-electron chi connectivity index (χ0n) is 12.1. The predicted molar refractivity (Wildman–Crippen MR) is 75.0 cm³/mol. The average molecular weight is 291 g/mol. The SMILES string of the molecule is O=C(c1ccco1)N1CC2(CC(OCC3CC3)CCO2)C1. The molecule has 1 amide bonds. The van der Waals surface area contributed by atoms with Gasteiger partial charge in [0.25, 0.3) is 5.91 Å². The maximum absolute atomic E-state index is 12.2. The van der Waals surface area contributed by atoms with Gasteiger partial charge in [0.15, 0.2) is 5.76 Å². The molecule has 4 rings (SSSR count). The van der Waals surface area contributed by atoms with Crippen LogP contribution in [0.2, 0.25) is 0 Å². The van der Waals surface area contributed by atoms with Crippen molar-refractivity contribution in [3.8, 4) is 0 Å². The van der Waals surface area contributed by atoms with Gasteiger partial charge in [-0.05, 0) is 37.3 Å². The summed E-state index contributed by atoms with van der Waals surface area (Å²) in [7, 11) is 0. The Morgan fingerprint density at radius 3 is 2.95 bits per heavy atom. The maximum atomic E-state index is 12.2. The lowest BCUT2D eigenvalue weighted by atomic mass is 9.84. The highest BCUT2D eigenvalue weighted by Gasteiger charge is 2.50. The summed E-state index contributed by atoms with van der Waals surface area (Å²) >= 11 is 0. The lowest BCUT2D eigenvalue weighted by Gasteiger charge is -2.52. The molecule has 5 nitrogen and oxygen atoms in total. The highest BCUT2D eigenvalue weighted by molar-refractivity contribution is 5.92. The fourth-order valence-corrected chi connectivity index (χ4v) is 3.25. The van der Waals surface area contributed by atoms with Gasteiger partial charge in [0.1, 0.15) is 5.60 Å². The molecule has 1 unspecified atom stereocenters. The molecule has 0 radical (unpaired) electrons. The van der Waals surface area contributed by atoms with Crippen LogP contribution in [0.15, 0.2) is 22.8 Å². The number of amides is 1. The Morgan fingerprint density at radius 1 is 1.38 bits per heavy atom. The van der Waals surface area contributed by atoms with Gasteiger partial charge < -0.3 is 18.8 Å². The molecule has 21 heavy (non-hydrogen) atoms. The molecule has 1 saturated carbocycles. The average Bonchev–Trinajstić information content (AvgIpc) is 3.14. The first-order chi connectivity index (χ1) is 10.2. The summed E-state index contributed by atoms with van der Waals surface area (Å²) in [6.07, 6.45) is 6.34. The smallest absolute Gasteiger partial charge is 0.289 e. The van der Waals surface area contributed by atoms with E-state index in [-0.39, 0.29) is 11.5 Å². The number of nitrogens with zero attached hydrogens (tertiary/aromatic N) is 1. The van der Waals surface area contributed by atoms with E-state index < -0.39 is 0 Å². The molecule has 1 spiro atoms. The third kappa shape index (κ3) is 2.72. The second kappa shape index (κ2) is 5.14. The van der Waals surface area contributed by atoms with Crippen molar-refractivity contribution < 1.29 is 18.7 Å². The quantitative estimate of drug-likeness (QED) is 0.852. The molecule has 0 bridgehead atoms. The van der Waals surface area contributed by atoms with Crippen molar-refractivity contribution in [1.29, 1.82) is 0 Å². The second-order valence-corrected chi connectivity index (χ2v) is 6.56. The number of rotatable bonds is 4. The molecule has 0 aromatic carbocycles. The minimum Gasteiger partial charge on any atom is -0.459 e. The van der Waals surface area contributed by atoms with Crippen molar-refractivity contribution in [2.24, 2.45) is 5.92 Å². The molecule has 0 N–H and O–H groups in total. The summed E-state index contributed by atoms with van der Waals surface area (Å²) in [5, 5.41) is 0. The highest BCUT2D eigenvalue weighted by atomic mass is 16.5. The van der Waals surface area contributed by atoms with Crippen molar-refractivity contribution in [1.82, 2.24) is 4.90 Å². The van der Waals surface area contributed by atoms with Crippen molar-refractivity contribution in [3.05, 3.63) is 24.2 Å². The summed E-state index contributed by atoms with van der Waals surface area (Å²) in [6.45, 7) is 2.93. The van der Waals surface area contributed by atoms with Gasteiger partial charge in [-0.3, -0.25) is 4.79 Å². The summed E-state index contributed by atoms with van der Waals surface area (Å²) < 4.78 is 17.1. The number of carbonyl (C=O) groups is 1. The fourth-order valence-electron chi connectivity index (χ4n) is 3.25. The topological polar surface area (TPSA) is 51.9 Å². The molecule has 2 saturated heterocycles. The molecule has 1 aromatic heterocycles. The van der Waals surface area contributed by atoms with E-state index in [9.17, 15) is 4.79 Å². The van der Waals surface area contributed by atoms with Crippen LogP contribution >= 0.6 is 0 Å². The van der Waals surface area contributed by atoms with Gasteiger partial charge in [-0.25, -0.2) is 0 Å². The Bertz CT molecular complexity index is 502. The van der Waals surface area contributed by atoms with E-state index in [2.05, 4.69) is 0 Å². The van der Waals surface area contributed by atoms with E-state index in [0.29, 0.717) is 25.0 Å². The first-order valence-electron chi connectivity index (χ1n) is 7.82. The van der Waals surface area contributed by atoms with E-state index >= 15 is 0 Å². The Balaban J connectivity index is 1.31. The Morgan fingerprint density at radius 2 is 2.24 bits per heavy atom. The Hall–Kier alpha value is -1.33. The minimum atomic E-state index is -0.186. The van der Waals surface area contributed by atoms with E-state index in [1.54, 1.807) is 17.0 Å². The maximum Gasteiger partial charge on any atom is 0.289 e. The van der Waals surface area contributed by atoms with Gasteiger partial charge in [0.05, 0.1) is 25.5 Å². The van der Waals surface area contributed by atoms with Gasteiger partial charge in [-0.15, -0.1) is 0 Å². The molecular formula is C16H21NO4. The van der Waals surface area contributed by atoms with Crippen molar-refractivity contribution in [2.45, 2.75) is 37.4 Å². The molecule has 1 atom stereocenters. The molecule has 114 valence electrons. The van der Waals surface area contributed by atoms with E-state index in [4.69, 9.17) is 13.9 Å². The fraction of sp³-hybridized carbons (Fsp3) is 0.688. The number of hydrogen-bond donors (Lipinski definition) is 0. The Kier molecular flexibility index (Phi) is 3.27. The minimum absolute atomic E-state index is 0.0461. The molecule has 1 aromatic rings. The van der Waals surface area contributed by atoms with Crippen LogP contribution in [-0.2, 0) is 9.47 Å². The number of hydrogen-bond acceptors (Lipinski definition) is 4. The zero-order valence-corrected chi connectivity index (χ0v) is 12.1. The molecule has 3 heterocycles. The first-order valence-corrected chi connectivity index (χ1v) is 7.82. The second-order valence-electron chi connectivity index (χ2n) is 6.56. The summed E-state index contributed by atoms with van der Waals surface area (Å²) in [4.78, 5) is 14.0. The standard InChI is InChI=1S/C16H21NO4/c18-15(14-2-1-6-19-14)17-10-16(11-17)8-13(5-7-21-16)20-9-12-3-4-12/h1-2,6,12-13H,3-5,7-11H2. The van der Waals surface area contributed by atoms with Crippen molar-refractivity contribution in [2.75, 3.05) is 26.3 Å². The first kappa shape index (κ1) is 13.3. The van der Waals surface area contributed by atoms with Crippen LogP contribution in [0.25, 0.3) is 0 Å².